The second-order valence-electron chi connectivity index (χ2n) is 4.80. The van der Waals surface area contributed by atoms with Crippen LogP contribution in [0.25, 0.3) is 0 Å². The normalized spacial score (nSPS) is 21.2. The molecule has 5 nitrogen and oxygen atoms in total. The summed E-state index contributed by atoms with van der Waals surface area (Å²) in [5.41, 5.74) is 0.797. The Morgan fingerprint density at radius 1 is 1.67 bits per heavy atom. The minimum Gasteiger partial charge on any atom is -0.493 e. The molecule has 1 aromatic rings. The van der Waals surface area contributed by atoms with Crippen LogP contribution >= 0.6 is 0 Å². The molecule has 1 aromatic heterocycles. The number of aryl methyl sites for hydroxylation is 1. The number of ether oxygens (including phenoxy) is 2. The second kappa shape index (κ2) is 6.20. The number of aliphatic hydroxyl groups excluding tert-OH is 1. The molecule has 1 aliphatic heterocycles. The summed E-state index contributed by atoms with van der Waals surface area (Å²) in [5, 5.41) is 14.7. The fourth-order valence-corrected chi connectivity index (χ4v) is 2.46. The van der Waals surface area contributed by atoms with Crippen LogP contribution in [0.1, 0.15) is 38.0 Å². The molecule has 2 unspecified atom stereocenters. The van der Waals surface area contributed by atoms with Gasteiger partial charge >= 0.3 is 0 Å². The summed E-state index contributed by atoms with van der Waals surface area (Å²) >= 11 is 0. The van der Waals surface area contributed by atoms with Gasteiger partial charge in [0.25, 0.3) is 0 Å². The van der Waals surface area contributed by atoms with Gasteiger partial charge in [-0.25, -0.2) is 0 Å². The maximum absolute atomic E-state index is 10.4. The summed E-state index contributed by atoms with van der Waals surface area (Å²) in [4.78, 5) is 0. The van der Waals surface area contributed by atoms with E-state index in [-0.39, 0.29) is 0 Å². The van der Waals surface area contributed by atoms with Crippen molar-refractivity contribution < 1.29 is 14.6 Å². The molecule has 0 radical (unpaired) electrons. The van der Waals surface area contributed by atoms with Crippen molar-refractivity contribution in [3.05, 3.63) is 11.9 Å². The fraction of sp³-hybridized carbons (Fsp3) is 0.769. The van der Waals surface area contributed by atoms with Gasteiger partial charge < -0.3 is 14.6 Å². The van der Waals surface area contributed by atoms with Crippen LogP contribution in [0.3, 0.4) is 0 Å². The summed E-state index contributed by atoms with van der Waals surface area (Å²) in [6.45, 7) is 4.45. The molecule has 18 heavy (non-hydrogen) atoms. The highest BCUT2D eigenvalue weighted by Crippen LogP contribution is 2.31. The van der Waals surface area contributed by atoms with Crippen LogP contribution in [0.15, 0.2) is 6.20 Å². The molecule has 102 valence electrons. The standard InChI is InChI=1S/C13H22N2O3/c1-3-5-15-13(12(17-2)8-14-15)11(16)7-10-4-6-18-9-10/h8,10-11,16H,3-7,9H2,1-2H3. The van der Waals surface area contributed by atoms with Crippen molar-refractivity contribution in [2.45, 2.75) is 38.8 Å². The van der Waals surface area contributed by atoms with Crippen LogP contribution < -0.4 is 4.74 Å². The minimum atomic E-state index is -0.527. The van der Waals surface area contributed by atoms with E-state index >= 15 is 0 Å². The molecule has 0 aliphatic carbocycles. The van der Waals surface area contributed by atoms with Crippen molar-refractivity contribution in [1.29, 1.82) is 0 Å². The highest BCUT2D eigenvalue weighted by Gasteiger charge is 2.25. The van der Waals surface area contributed by atoms with Crippen LogP contribution in [-0.2, 0) is 11.3 Å². The fourth-order valence-electron chi connectivity index (χ4n) is 2.46. The summed E-state index contributed by atoms with van der Waals surface area (Å²) in [6.07, 6.45) is 3.88. The van der Waals surface area contributed by atoms with E-state index in [1.54, 1.807) is 13.3 Å². The van der Waals surface area contributed by atoms with Gasteiger partial charge in [-0.05, 0) is 25.2 Å². The Morgan fingerprint density at radius 3 is 3.11 bits per heavy atom. The third-order valence-electron chi connectivity index (χ3n) is 3.40. The van der Waals surface area contributed by atoms with E-state index in [1.165, 1.54) is 0 Å². The first kappa shape index (κ1) is 13.4. The Hall–Kier alpha value is -1.07. The van der Waals surface area contributed by atoms with Crippen LogP contribution in [0, 0.1) is 5.92 Å². The molecule has 5 heteroatoms. The van der Waals surface area contributed by atoms with Crippen LogP contribution in [-0.4, -0.2) is 35.2 Å². The van der Waals surface area contributed by atoms with Gasteiger partial charge in [0, 0.05) is 19.8 Å². The van der Waals surface area contributed by atoms with Gasteiger partial charge in [0.05, 0.1) is 19.4 Å². The Labute approximate surface area is 108 Å². The number of rotatable bonds is 6. The predicted molar refractivity (Wildman–Crippen MR) is 67.6 cm³/mol. The number of methoxy groups -OCH3 is 1. The van der Waals surface area contributed by atoms with Gasteiger partial charge in [0.2, 0.25) is 0 Å². The van der Waals surface area contributed by atoms with E-state index in [4.69, 9.17) is 9.47 Å². The molecule has 2 atom stereocenters. The summed E-state index contributed by atoms with van der Waals surface area (Å²) in [7, 11) is 1.61. The minimum absolute atomic E-state index is 0.440. The molecular weight excluding hydrogens is 232 g/mol. The molecule has 1 fully saturated rings. The lowest BCUT2D eigenvalue weighted by Gasteiger charge is -2.17. The van der Waals surface area contributed by atoms with E-state index in [2.05, 4.69) is 12.0 Å². The van der Waals surface area contributed by atoms with Crippen molar-refractivity contribution >= 4 is 0 Å². The average Bonchev–Trinajstić information content (AvgIpc) is 2.98. The third kappa shape index (κ3) is 2.84. The zero-order chi connectivity index (χ0) is 13.0. The molecule has 1 N–H and O–H groups in total. The van der Waals surface area contributed by atoms with Gasteiger partial charge in [-0.2, -0.15) is 5.10 Å². The highest BCUT2D eigenvalue weighted by atomic mass is 16.5. The molecular formula is C13H22N2O3. The maximum Gasteiger partial charge on any atom is 0.162 e. The first-order chi connectivity index (χ1) is 8.76. The number of hydrogen-bond donors (Lipinski definition) is 1. The number of hydrogen-bond acceptors (Lipinski definition) is 4. The lowest BCUT2D eigenvalue weighted by atomic mass is 9.99. The van der Waals surface area contributed by atoms with Crippen molar-refractivity contribution in [2.24, 2.45) is 5.92 Å². The van der Waals surface area contributed by atoms with Gasteiger partial charge in [-0.15, -0.1) is 0 Å². The lowest BCUT2D eigenvalue weighted by molar-refractivity contribution is 0.119. The summed E-state index contributed by atoms with van der Waals surface area (Å²) in [5.74, 6) is 1.12. The topological polar surface area (TPSA) is 56.5 Å². The number of aliphatic hydroxyl groups is 1. The smallest absolute Gasteiger partial charge is 0.162 e. The highest BCUT2D eigenvalue weighted by molar-refractivity contribution is 5.27. The van der Waals surface area contributed by atoms with E-state index in [9.17, 15) is 5.11 Å². The van der Waals surface area contributed by atoms with Crippen molar-refractivity contribution in [3.8, 4) is 5.75 Å². The molecule has 0 amide bonds. The molecule has 0 saturated carbocycles. The zero-order valence-electron chi connectivity index (χ0n) is 11.1. The molecule has 1 saturated heterocycles. The SMILES string of the molecule is CCCn1ncc(OC)c1C(O)CC1CCOC1. The quantitative estimate of drug-likeness (QED) is 0.840. The largest absolute Gasteiger partial charge is 0.493 e. The molecule has 0 aromatic carbocycles. The molecule has 2 rings (SSSR count). The van der Waals surface area contributed by atoms with Gasteiger partial charge in [0.1, 0.15) is 5.69 Å². The molecule has 1 aliphatic rings. The number of aromatic nitrogens is 2. The van der Waals surface area contributed by atoms with Gasteiger partial charge in [-0.3, -0.25) is 4.68 Å². The van der Waals surface area contributed by atoms with Crippen LogP contribution in [0.5, 0.6) is 5.75 Å². The van der Waals surface area contributed by atoms with Crippen LogP contribution in [0.4, 0.5) is 0 Å². The van der Waals surface area contributed by atoms with E-state index < -0.39 is 6.10 Å². The second-order valence-corrected chi connectivity index (χ2v) is 4.80. The van der Waals surface area contributed by atoms with Crippen molar-refractivity contribution in [3.63, 3.8) is 0 Å². The Balaban J connectivity index is 2.10. The first-order valence-electron chi connectivity index (χ1n) is 6.61. The Bertz CT molecular complexity index is 372. The van der Waals surface area contributed by atoms with Crippen molar-refractivity contribution in [1.82, 2.24) is 9.78 Å². The molecule has 0 bridgehead atoms. The van der Waals surface area contributed by atoms with Gasteiger partial charge in [0.15, 0.2) is 5.75 Å². The Morgan fingerprint density at radius 2 is 2.50 bits per heavy atom. The first-order valence-corrected chi connectivity index (χ1v) is 6.61. The van der Waals surface area contributed by atoms with E-state index in [0.717, 1.165) is 38.3 Å². The van der Waals surface area contributed by atoms with E-state index in [1.807, 2.05) is 4.68 Å². The number of nitrogens with zero attached hydrogens (tertiary/aromatic N) is 2. The summed E-state index contributed by atoms with van der Waals surface area (Å²) < 4.78 is 12.5. The summed E-state index contributed by atoms with van der Waals surface area (Å²) in [6, 6.07) is 0. The van der Waals surface area contributed by atoms with Gasteiger partial charge in [-0.1, -0.05) is 6.92 Å². The zero-order valence-corrected chi connectivity index (χ0v) is 11.1. The van der Waals surface area contributed by atoms with Crippen LogP contribution in [0.2, 0.25) is 0 Å². The van der Waals surface area contributed by atoms with E-state index in [0.29, 0.717) is 18.1 Å². The molecule has 0 spiro atoms. The van der Waals surface area contributed by atoms with Crippen molar-refractivity contribution in [2.75, 3.05) is 20.3 Å². The molecule has 2 heterocycles. The average molecular weight is 254 g/mol. The lowest BCUT2D eigenvalue weighted by Crippen LogP contribution is -2.14. The predicted octanol–water partition coefficient (Wildman–Crippen LogP) is 1.76. The maximum atomic E-state index is 10.4. The third-order valence-corrected chi connectivity index (χ3v) is 3.40. The Kier molecular flexibility index (Phi) is 4.60. The monoisotopic (exact) mass is 254 g/mol.